The van der Waals surface area contributed by atoms with E-state index in [1.807, 2.05) is 30.3 Å². The molecule has 108 valence electrons. The highest BCUT2D eigenvalue weighted by Crippen LogP contribution is 2.27. The number of ether oxygens (including phenoxy) is 1. The number of thioether (sulfide) groups is 1. The average molecular weight is 293 g/mol. The highest BCUT2D eigenvalue weighted by atomic mass is 32.2. The van der Waals surface area contributed by atoms with E-state index in [0.717, 1.165) is 34.1 Å². The van der Waals surface area contributed by atoms with Gasteiger partial charge in [0, 0.05) is 11.3 Å². The third-order valence-electron chi connectivity index (χ3n) is 3.01. The Kier molecular flexibility index (Phi) is 5.52. The number of benzene rings is 1. The van der Waals surface area contributed by atoms with Gasteiger partial charge >= 0.3 is 0 Å². The third-order valence-corrected chi connectivity index (χ3v) is 4.02. The summed E-state index contributed by atoms with van der Waals surface area (Å²) in [6.45, 7) is -0.0642. The number of hydrogen-bond acceptors (Lipinski definition) is 5. The molecule has 0 bridgehead atoms. The summed E-state index contributed by atoms with van der Waals surface area (Å²) in [5.41, 5.74) is 7.84. The zero-order valence-corrected chi connectivity index (χ0v) is 12.2. The molecule has 1 aromatic carbocycles. The van der Waals surface area contributed by atoms with Crippen molar-refractivity contribution in [2.45, 2.75) is 17.5 Å². The highest BCUT2D eigenvalue weighted by Gasteiger charge is 2.10. The first-order chi connectivity index (χ1) is 9.74. The van der Waals surface area contributed by atoms with Gasteiger partial charge < -0.3 is 20.0 Å². The zero-order valence-electron chi connectivity index (χ0n) is 11.4. The molecule has 1 aromatic heterocycles. The summed E-state index contributed by atoms with van der Waals surface area (Å²) < 4.78 is 10.7. The fraction of sp³-hybridized carbons (Fsp3) is 0.333. The normalized spacial score (nSPS) is 12.3. The Labute approximate surface area is 122 Å². The number of aliphatic hydroxyl groups is 1. The van der Waals surface area contributed by atoms with Crippen molar-refractivity contribution in [1.29, 1.82) is 0 Å². The predicted octanol–water partition coefficient (Wildman–Crippen LogP) is 2.71. The molecular weight excluding hydrogens is 274 g/mol. The van der Waals surface area contributed by atoms with E-state index >= 15 is 0 Å². The maximum atomic E-state index is 9.13. The first-order valence-electron chi connectivity index (χ1n) is 6.38. The molecule has 3 N–H and O–H groups in total. The third kappa shape index (κ3) is 3.79. The minimum atomic E-state index is -0.352. The van der Waals surface area contributed by atoms with Crippen molar-refractivity contribution in [3.63, 3.8) is 0 Å². The summed E-state index contributed by atoms with van der Waals surface area (Å²) in [6.07, 6.45) is 1.68. The van der Waals surface area contributed by atoms with Gasteiger partial charge in [0.05, 0.1) is 31.8 Å². The Bertz CT molecular complexity index is 528. The Hall–Kier alpha value is -1.43. The molecule has 1 heterocycles. The van der Waals surface area contributed by atoms with Crippen LogP contribution >= 0.6 is 11.8 Å². The molecular formula is C15H19NO3S. The average Bonchev–Trinajstić information content (AvgIpc) is 2.99. The molecule has 0 saturated heterocycles. The van der Waals surface area contributed by atoms with Crippen molar-refractivity contribution in [2.75, 3.05) is 13.7 Å². The number of aliphatic hydroxyl groups excluding tert-OH is 1. The molecule has 5 heteroatoms. The standard InChI is InChI=1S/C15H19NO3S/c1-18-15-5-4-11(14(16)8-17)7-12(15)9-20-10-13-3-2-6-19-13/h2-7,14,17H,8-10,16H2,1H3/t14-/m0/s1. The van der Waals surface area contributed by atoms with Crippen LogP contribution in [0.1, 0.15) is 22.9 Å². The van der Waals surface area contributed by atoms with Crippen LogP contribution in [0.4, 0.5) is 0 Å². The van der Waals surface area contributed by atoms with E-state index in [1.54, 1.807) is 25.1 Å². The van der Waals surface area contributed by atoms with Crippen molar-refractivity contribution >= 4 is 11.8 Å². The number of furan rings is 1. The molecule has 0 amide bonds. The van der Waals surface area contributed by atoms with E-state index in [0.29, 0.717) is 0 Å². The summed E-state index contributed by atoms with van der Waals surface area (Å²) in [7, 11) is 1.65. The van der Waals surface area contributed by atoms with Crippen LogP contribution < -0.4 is 10.5 Å². The number of hydrogen-bond donors (Lipinski definition) is 2. The molecule has 0 aliphatic heterocycles. The maximum Gasteiger partial charge on any atom is 0.122 e. The second-order valence-corrected chi connectivity index (χ2v) is 5.42. The van der Waals surface area contributed by atoms with Gasteiger partial charge in [-0.15, -0.1) is 11.8 Å². The Balaban J connectivity index is 2.04. The lowest BCUT2D eigenvalue weighted by atomic mass is 10.1. The van der Waals surface area contributed by atoms with Crippen LogP contribution in [0.15, 0.2) is 41.0 Å². The van der Waals surface area contributed by atoms with Crippen LogP contribution in [0.3, 0.4) is 0 Å². The first kappa shape index (κ1) is 15.0. The Morgan fingerprint density at radius 1 is 1.35 bits per heavy atom. The van der Waals surface area contributed by atoms with Gasteiger partial charge in [-0.3, -0.25) is 0 Å². The van der Waals surface area contributed by atoms with Crippen molar-refractivity contribution in [2.24, 2.45) is 5.73 Å². The van der Waals surface area contributed by atoms with Gasteiger partial charge in [0.25, 0.3) is 0 Å². The molecule has 20 heavy (non-hydrogen) atoms. The summed E-state index contributed by atoms with van der Waals surface area (Å²) in [6, 6.07) is 9.28. The first-order valence-corrected chi connectivity index (χ1v) is 7.53. The van der Waals surface area contributed by atoms with Crippen molar-refractivity contribution < 1.29 is 14.3 Å². The van der Waals surface area contributed by atoms with E-state index in [4.69, 9.17) is 20.0 Å². The Morgan fingerprint density at radius 2 is 2.20 bits per heavy atom. The van der Waals surface area contributed by atoms with Gasteiger partial charge in [-0.2, -0.15) is 0 Å². The SMILES string of the molecule is COc1ccc([C@@H](N)CO)cc1CSCc1ccco1. The maximum absolute atomic E-state index is 9.13. The minimum absolute atomic E-state index is 0.0642. The number of nitrogens with two attached hydrogens (primary N) is 1. The zero-order chi connectivity index (χ0) is 14.4. The largest absolute Gasteiger partial charge is 0.496 e. The molecule has 0 aliphatic carbocycles. The van der Waals surface area contributed by atoms with Gasteiger partial charge in [-0.25, -0.2) is 0 Å². The predicted molar refractivity (Wildman–Crippen MR) is 80.7 cm³/mol. The molecule has 4 nitrogen and oxygen atoms in total. The second kappa shape index (κ2) is 7.38. The minimum Gasteiger partial charge on any atom is -0.496 e. The van der Waals surface area contributed by atoms with Crippen LogP contribution in [0.25, 0.3) is 0 Å². The second-order valence-electron chi connectivity index (χ2n) is 4.43. The lowest BCUT2D eigenvalue weighted by Crippen LogP contribution is -2.14. The molecule has 0 spiro atoms. The molecule has 0 aliphatic rings. The van der Waals surface area contributed by atoms with Crippen LogP contribution in [0.5, 0.6) is 5.75 Å². The quantitative estimate of drug-likeness (QED) is 0.821. The van der Waals surface area contributed by atoms with E-state index in [1.165, 1.54) is 0 Å². The van der Waals surface area contributed by atoms with E-state index in [-0.39, 0.29) is 12.6 Å². The molecule has 0 saturated carbocycles. The lowest BCUT2D eigenvalue weighted by Gasteiger charge is -2.13. The van der Waals surface area contributed by atoms with Gasteiger partial charge in [0.2, 0.25) is 0 Å². The molecule has 0 fully saturated rings. The molecule has 1 atom stereocenters. The smallest absolute Gasteiger partial charge is 0.122 e. The van der Waals surface area contributed by atoms with E-state index in [9.17, 15) is 0 Å². The highest BCUT2D eigenvalue weighted by molar-refractivity contribution is 7.97. The van der Waals surface area contributed by atoms with Gasteiger partial charge in [-0.1, -0.05) is 6.07 Å². The van der Waals surface area contributed by atoms with Crippen molar-refractivity contribution in [3.8, 4) is 5.75 Å². The van der Waals surface area contributed by atoms with Crippen LogP contribution in [-0.4, -0.2) is 18.8 Å². The van der Waals surface area contributed by atoms with E-state index < -0.39 is 0 Å². The van der Waals surface area contributed by atoms with Gasteiger partial charge in [-0.05, 0) is 29.8 Å². The summed E-state index contributed by atoms with van der Waals surface area (Å²) in [5, 5.41) is 9.13. The van der Waals surface area contributed by atoms with Crippen molar-refractivity contribution in [1.82, 2.24) is 0 Å². The van der Waals surface area contributed by atoms with Gasteiger partial charge in [0.1, 0.15) is 11.5 Å². The topological polar surface area (TPSA) is 68.6 Å². The van der Waals surface area contributed by atoms with Crippen LogP contribution in [0.2, 0.25) is 0 Å². The fourth-order valence-corrected chi connectivity index (χ4v) is 2.82. The molecule has 0 radical (unpaired) electrons. The van der Waals surface area contributed by atoms with Crippen molar-refractivity contribution in [3.05, 3.63) is 53.5 Å². The molecule has 0 unspecified atom stereocenters. The summed E-state index contributed by atoms with van der Waals surface area (Å²) >= 11 is 1.74. The lowest BCUT2D eigenvalue weighted by molar-refractivity contribution is 0.268. The molecule has 2 aromatic rings. The fourth-order valence-electron chi connectivity index (χ4n) is 1.90. The Morgan fingerprint density at radius 3 is 2.85 bits per heavy atom. The van der Waals surface area contributed by atoms with E-state index in [2.05, 4.69) is 0 Å². The van der Waals surface area contributed by atoms with Gasteiger partial charge in [0.15, 0.2) is 0 Å². The van der Waals surface area contributed by atoms with Crippen LogP contribution in [-0.2, 0) is 11.5 Å². The summed E-state index contributed by atoms with van der Waals surface area (Å²) in [5.74, 6) is 3.41. The number of methoxy groups -OCH3 is 1. The van der Waals surface area contributed by atoms with Crippen LogP contribution in [0, 0.1) is 0 Å². The molecule has 2 rings (SSSR count). The monoisotopic (exact) mass is 293 g/mol. The summed E-state index contributed by atoms with van der Waals surface area (Å²) in [4.78, 5) is 0. The number of rotatable bonds is 7.